The van der Waals surface area contributed by atoms with E-state index in [0.29, 0.717) is 5.92 Å². The summed E-state index contributed by atoms with van der Waals surface area (Å²) in [5.74, 6) is 1.56. The van der Waals surface area contributed by atoms with E-state index < -0.39 is 0 Å². The van der Waals surface area contributed by atoms with Gasteiger partial charge in [-0.3, -0.25) is 0 Å². The van der Waals surface area contributed by atoms with Gasteiger partial charge in [0.25, 0.3) is 0 Å². The molecule has 1 saturated carbocycles. The van der Waals surface area contributed by atoms with Gasteiger partial charge in [0.1, 0.15) is 0 Å². The van der Waals surface area contributed by atoms with E-state index in [4.69, 9.17) is 11.6 Å². The molecular formula is C20H31Cl. The molecule has 118 valence electrons. The maximum absolute atomic E-state index is 7.00. The topological polar surface area (TPSA) is 0 Å². The van der Waals surface area contributed by atoms with Crippen LogP contribution in [0.1, 0.15) is 81.0 Å². The van der Waals surface area contributed by atoms with Crippen molar-refractivity contribution < 1.29 is 0 Å². The summed E-state index contributed by atoms with van der Waals surface area (Å²) in [6.45, 7) is 9.16. The van der Waals surface area contributed by atoms with Crippen LogP contribution in [0.4, 0.5) is 0 Å². The summed E-state index contributed by atoms with van der Waals surface area (Å²) in [6, 6.07) is 4.80. The molecular weight excluding hydrogens is 276 g/mol. The van der Waals surface area contributed by atoms with Crippen molar-refractivity contribution in [3.05, 3.63) is 34.4 Å². The highest BCUT2D eigenvalue weighted by Gasteiger charge is 2.28. The van der Waals surface area contributed by atoms with Crippen molar-refractivity contribution in [1.29, 1.82) is 0 Å². The molecule has 0 radical (unpaired) electrons. The van der Waals surface area contributed by atoms with E-state index in [-0.39, 0.29) is 5.38 Å². The van der Waals surface area contributed by atoms with Crippen molar-refractivity contribution in [3.63, 3.8) is 0 Å². The van der Waals surface area contributed by atoms with Crippen LogP contribution in [0.3, 0.4) is 0 Å². The molecule has 0 N–H and O–H groups in total. The van der Waals surface area contributed by atoms with E-state index in [1.54, 1.807) is 0 Å². The van der Waals surface area contributed by atoms with Gasteiger partial charge >= 0.3 is 0 Å². The fraction of sp³-hybridized carbons (Fsp3) is 0.700. The first-order valence-electron chi connectivity index (χ1n) is 8.89. The fourth-order valence-electron chi connectivity index (χ4n) is 3.81. The highest BCUT2D eigenvalue weighted by atomic mass is 35.5. The largest absolute Gasteiger partial charge is 0.118 e. The molecule has 0 heterocycles. The predicted molar refractivity (Wildman–Crippen MR) is 94.3 cm³/mol. The smallest absolute Gasteiger partial charge is 0.0618 e. The maximum atomic E-state index is 7.00. The molecule has 1 fully saturated rings. The van der Waals surface area contributed by atoms with Crippen LogP contribution in [0.2, 0.25) is 0 Å². The van der Waals surface area contributed by atoms with E-state index in [1.165, 1.54) is 47.9 Å². The SMILES string of the molecule is CCc1cc(CC)c(C(Cl)C2CCC(C)CC2)c(CC)c1. The third-order valence-electron chi connectivity index (χ3n) is 5.33. The Morgan fingerprint density at radius 1 is 0.952 bits per heavy atom. The molecule has 1 unspecified atom stereocenters. The third kappa shape index (κ3) is 3.83. The highest BCUT2D eigenvalue weighted by Crippen LogP contribution is 2.43. The zero-order chi connectivity index (χ0) is 15.4. The molecule has 2 rings (SSSR count). The fourth-order valence-corrected chi connectivity index (χ4v) is 4.34. The summed E-state index contributed by atoms with van der Waals surface area (Å²) >= 11 is 7.00. The molecule has 0 bridgehead atoms. The summed E-state index contributed by atoms with van der Waals surface area (Å²) in [5, 5.41) is 0.216. The van der Waals surface area contributed by atoms with Crippen LogP contribution in [-0.4, -0.2) is 0 Å². The van der Waals surface area contributed by atoms with Crippen LogP contribution in [0, 0.1) is 11.8 Å². The molecule has 1 atom stereocenters. The van der Waals surface area contributed by atoms with E-state index in [2.05, 4.69) is 39.8 Å². The van der Waals surface area contributed by atoms with E-state index in [9.17, 15) is 0 Å². The zero-order valence-corrected chi connectivity index (χ0v) is 15.0. The Kier molecular flexibility index (Phi) is 6.17. The molecule has 0 aliphatic heterocycles. The molecule has 0 nitrogen and oxygen atoms in total. The molecule has 0 aromatic heterocycles. The number of aryl methyl sites for hydroxylation is 3. The van der Waals surface area contributed by atoms with Gasteiger partial charge in [-0.15, -0.1) is 11.6 Å². The summed E-state index contributed by atoms with van der Waals surface area (Å²) in [6.07, 6.45) is 8.63. The first-order chi connectivity index (χ1) is 10.1. The lowest BCUT2D eigenvalue weighted by atomic mass is 9.77. The Balaban J connectivity index is 2.32. The minimum Gasteiger partial charge on any atom is -0.118 e. The van der Waals surface area contributed by atoms with Crippen LogP contribution in [0.5, 0.6) is 0 Å². The van der Waals surface area contributed by atoms with Crippen LogP contribution >= 0.6 is 11.6 Å². The Hall–Kier alpha value is -0.490. The number of alkyl halides is 1. The number of hydrogen-bond acceptors (Lipinski definition) is 0. The standard InChI is InChI=1S/C20H31Cl/c1-5-15-12-16(6-2)19(17(7-3)13-15)20(21)18-10-8-14(4)9-11-18/h12-14,18,20H,5-11H2,1-4H3. The average molecular weight is 307 g/mol. The molecule has 1 heteroatoms. The minimum absolute atomic E-state index is 0.216. The van der Waals surface area contributed by atoms with Crippen molar-refractivity contribution in [3.8, 4) is 0 Å². The van der Waals surface area contributed by atoms with Gasteiger partial charge in [0.15, 0.2) is 0 Å². The van der Waals surface area contributed by atoms with E-state index >= 15 is 0 Å². The Labute approximate surface area is 136 Å². The van der Waals surface area contributed by atoms with Crippen LogP contribution in [0.25, 0.3) is 0 Å². The van der Waals surface area contributed by atoms with Crippen molar-refractivity contribution in [2.24, 2.45) is 11.8 Å². The predicted octanol–water partition coefficient (Wildman–Crippen LogP) is 6.48. The maximum Gasteiger partial charge on any atom is 0.0618 e. The third-order valence-corrected chi connectivity index (χ3v) is 5.91. The second-order valence-electron chi connectivity index (χ2n) is 6.81. The van der Waals surface area contributed by atoms with Gasteiger partial charge in [-0.25, -0.2) is 0 Å². The monoisotopic (exact) mass is 306 g/mol. The van der Waals surface area contributed by atoms with Gasteiger partial charge < -0.3 is 0 Å². The highest BCUT2D eigenvalue weighted by molar-refractivity contribution is 6.21. The molecule has 0 amide bonds. The summed E-state index contributed by atoms with van der Waals surface area (Å²) < 4.78 is 0. The van der Waals surface area contributed by atoms with Gasteiger partial charge in [0, 0.05) is 0 Å². The number of rotatable bonds is 5. The number of halogens is 1. The molecule has 1 aromatic rings. The molecule has 1 aliphatic rings. The molecule has 21 heavy (non-hydrogen) atoms. The van der Waals surface area contributed by atoms with E-state index in [0.717, 1.165) is 25.2 Å². The Morgan fingerprint density at radius 2 is 1.48 bits per heavy atom. The quantitative estimate of drug-likeness (QED) is 0.546. The van der Waals surface area contributed by atoms with Crippen LogP contribution in [-0.2, 0) is 19.3 Å². The number of benzene rings is 1. The van der Waals surface area contributed by atoms with Gasteiger partial charge in [0.2, 0.25) is 0 Å². The number of hydrogen-bond donors (Lipinski definition) is 0. The second kappa shape index (κ2) is 7.68. The summed E-state index contributed by atoms with van der Waals surface area (Å²) in [7, 11) is 0. The Morgan fingerprint density at radius 3 is 1.90 bits per heavy atom. The second-order valence-corrected chi connectivity index (χ2v) is 7.28. The van der Waals surface area contributed by atoms with Crippen molar-refractivity contribution in [1.82, 2.24) is 0 Å². The summed E-state index contributed by atoms with van der Waals surface area (Å²) in [5.41, 5.74) is 5.92. The first kappa shape index (κ1) is 16.9. The lowest BCUT2D eigenvalue weighted by Crippen LogP contribution is -2.18. The van der Waals surface area contributed by atoms with Crippen molar-refractivity contribution in [2.45, 2.75) is 78.0 Å². The summed E-state index contributed by atoms with van der Waals surface area (Å²) in [4.78, 5) is 0. The molecule has 0 spiro atoms. The molecule has 1 aliphatic carbocycles. The van der Waals surface area contributed by atoms with Gasteiger partial charge in [-0.2, -0.15) is 0 Å². The van der Waals surface area contributed by atoms with E-state index in [1.807, 2.05) is 0 Å². The van der Waals surface area contributed by atoms with Crippen LogP contribution in [0.15, 0.2) is 12.1 Å². The van der Waals surface area contributed by atoms with Crippen molar-refractivity contribution >= 4 is 11.6 Å². The van der Waals surface area contributed by atoms with Gasteiger partial charge in [-0.05, 0) is 66.2 Å². The molecule has 1 aromatic carbocycles. The molecule has 0 saturated heterocycles. The van der Waals surface area contributed by atoms with Gasteiger partial charge in [0.05, 0.1) is 5.38 Å². The zero-order valence-electron chi connectivity index (χ0n) is 14.2. The van der Waals surface area contributed by atoms with Gasteiger partial charge in [-0.1, -0.05) is 52.7 Å². The average Bonchev–Trinajstić information content (AvgIpc) is 2.53. The lowest BCUT2D eigenvalue weighted by Gasteiger charge is -2.32. The van der Waals surface area contributed by atoms with Crippen molar-refractivity contribution in [2.75, 3.05) is 0 Å². The lowest BCUT2D eigenvalue weighted by molar-refractivity contribution is 0.282. The first-order valence-corrected chi connectivity index (χ1v) is 9.32. The minimum atomic E-state index is 0.216. The van der Waals surface area contributed by atoms with Crippen LogP contribution < -0.4 is 0 Å². The Bertz CT molecular complexity index is 430. The normalized spacial score (nSPS) is 24.0.